The van der Waals surface area contributed by atoms with E-state index in [2.05, 4.69) is 13.2 Å². The quantitative estimate of drug-likeness (QED) is 0.536. The summed E-state index contributed by atoms with van der Waals surface area (Å²) >= 11 is 0. The van der Waals surface area contributed by atoms with Crippen molar-refractivity contribution in [2.75, 3.05) is 0 Å². The van der Waals surface area contributed by atoms with E-state index in [1.165, 1.54) is 0 Å². The molecule has 1 N–H and O–H groups in total. The Morgan fingerprint density at radius 3 is 1.67 bits per heavy atom. The Hall–Kier alpha value is -0.560. The summed E-state index contributed by atoms with van der Waals surface area (Å²) in [7, 11) is 0. The lowest BCUT2D eigenvalue weighted by atomic mass is 10.4. The maximum atomic E-state index is 8.06. The average molecular weight is 128 g/mol. The molecule has 0 atom stereocenters. The minimum Gasteiger partial charge on any atom is -0.394 e. The molecule has 0 aliphatic rings. The molecule has 0 aromatic carbocycles. The average Bonchev–Trinajstić information content (AvgIpc) is 1.65. The Labute approximate surface area is 57.7 Å². The molecule has 9 heavy (non-hydrogen) atoms. The lowest BCUT2D eigenvalue weighted by molar-refractivity contribution is 0.216. The minimum atomic E-state index is -0.167. The van der Waals surface area contributed by atoms with Crippen LogP contribution in [0, 0.1) is 0 Å². The van der Waals surface area contributed by atoms with Gasteiger partial charge in [-0.1, -0.05) is 24.8 Å². The number of allylic oxidation sites excluding steroid dienone is 2. The van der Waals surface area contributed by atoms with Crippen molar-refractivity contribution < 1.29 is 5.11 Å². The lowest BCUT2D eigenvalue weighted by Crippen LogP contribution is -1.85. The molecule has 0 fully saturated rings. The van der Waals surface area contributed by atoms with Crippen LogP contribution in [0.15, 0.2) is 24.8 Å². The van der Waals surface area contributed by atoms with Gasteiger partial charge in [0, 0.05) is 6.10 Å². The maximum Gasteiger partial charge on any atom is 0.0483 e. The first-order valence-electron chi connectivity index (χ1n) is 2.96. The molecule has 0 heterocycles. The van der Waals surface area contributed by atoms with Gasteiger partial charge in [0.2, 0.25) is 0 Å². The fourth-order valence-electron chi connectivity index (χ4n) is 0. The minimum absolute atomic E-state index is 0.167. The van der Waals surface area contributed by atoms with E-state index in [1.54, 1.807) is 19.9 Å². The van der Waals surface area contributed by atoms with E-state index in [9.17, 15) is 0 Å². The van der Waals surface area contributed by atoms with Crippen LogP contribution < -0.4 is 0 Å². The standard InChI is InChI=1S/C5H8.C3H8O/c1-4-5(2)3;1-3(2)4/h4H,1-2H2,3H3;3-4H,1-2H3. The molecule has 0 amide bonds. The molecule has 0 aromatic rings. The topological polar surface area (TPSA) is 20.2 Å². The number of hydrogen-bond donors (Lipinski definition) is 1. The highest BCUT2D eigenvalue weighted by Crippen LogP contribution is 1.81. The molecule has 1 nitrogen and oxygen atoms in total. The van der Waals surface area contributed by atoms with Gasteiger partial charge >= 0.3 is 0 Å². The van der Waals surface area contributed by atoms with Gasteiger partial charge in [-0.2, -0.15) is 0 Å². The van der Waals surface area contributed by atoms with Gasteiger partial charge in [0.15, 0.2) is 0 Å². The third kappa shape index (κ3) is 106. The van der Waals surface area contributed by atoms with Crippen molar-refractivity contribution in [1.82, 2.24) is 0 Å². The Morgan fingerprint density at radius 1 is 1.56 bits per heavy atom. The predicted octanol–water partition coefficient (Wildman–Crippen LogP) is 2.14. The van der Waals surface area contributed by atoms with Crippen molar-refractivity contribution in [3.8, 4) is 0 Å². The molecular weight excluding hydrogens is 112 g/mol. The number of hydrogen-bond acceptors (Lipinski definition) is 1. The summed E-state index contributed by atoms with van der Waals surface area (Å²) in [5, 5.41) is 8.06. The van der Waals surface area contributed by atoms with Crippen LogP contribution in [-0.2, 0) is 0 Å². The molecule has 54 valence electrons. The molecule has 0 saturated heterocycles. The summed E-state index contributed by atoms with van der Waals surface area (Å²) in [5.74, 6) is 0. The number of aliphatic hydroxyl groups is 1. The van der Waals surface area contributed by atoms with Gasteiger partial charge in [0.05, 0.1) is 0 Å². The Balaban J connectivity index is 0. The van der Waals surface area contributed by atoms with Crippen molar-refractivity contribution >= 4 is 0 Å². The summed E-state index contributed by atoms with van der Waals surface area (Å²) in [5.41, 5.74) is 1.02. The maximum absolute atomic E-state index is 8.06. The molecule has 0 aromatic heterocycles. The van der Waals surface area contributed by atoms with Crippen LogP contribution in [0.25, 0.3) is 0 Å². The summed E-state index contributed by atoms with van der Waals surface area (Å²) < 4.78 is 0. The van der Waals surface area contributed by atoms with Crippen molar-refractivity contribution in [1.29, 1.82) is 0 Å². The Morgan fingerprint density at radius 2 is 1.67 bits per heavy atom. The third-order valence-electron chi connectivity index (χ3n) is 0.348. The third-order valence-corrected chi connectivity index (χ3v) is 0.348. The first-order valence-corrected chi connectivity index (χ1v) is 2.96. The molecule has 0 radical (unpaired) electrons. The second kappa shape index (κ2) is 7.44. The molecule has 0 bridgehead atoms. The SMILES string of the molecule is C=CC(=C)C.CC(C)O. The van der Waals surface area contributed by atoms with Crippen LogP contribution in [0.3, 0.4) is 0 Å². The van der Waals surface area contributed by atoms with Crippen LogP contribution in [0.1, 0.15) is 20.8 Å². The Kier molecular flexibility index (Phi) is 9.31. The van der Waals surface area contributed by atoms with Gasteiger partial charge < -0.3 is 5.11 Å². The normalized spacial score (nSPS) is 7.67. The number of aliphatic hydroxyl groups excluding tert-OH is 1. The molecule has 0 saturated carbocycles. The van der Waals surface area contributed by atoms with Gasteiger partial charge in [-0.25, -0.2) is 0 Å². The van der Waals surface area contributed by atoms with Gasteiger partial charge in [-0.3, -0.25) is 0 Å². The highest BCUT2D eigenvalue weighted by atomic mass is 16.3. The van der Waals surface area contributed by atoms with E-state index in [0.717, 1.165) is 5.57 Å². The second-order valence-electron chi connectivity index (χ2n) is 2.14. The molecule has 0 aliphatic carbocycles. The highest BCUT2D eigenvalue weighted by Gasteiger charge is 1.69. The van der Waals surface area contributed by atoms with Crippen molar-refractivity contribution in [3.05, 3.63) is 24.8 Å². The van der Waals surface area contributed by atoms with Crippen LogP contribution in [-0.4, -0.2) is 11.2 Å². The number of rotatable bonds is 1. The first-order chi connectivity index (χ1) is 4.00. The summed E-state index contributed by atoms with van der Waals surface area (Å²) in [6, 6.07) is 0. The molecular formula is C8H16O. The molecule has 0 aliphatic heterocycles. The lowest BCUT2D eigenvalue weighted by Gasteiger charge is -1.80. The second-order valence-corrected chi connectivity index (χ2v) is 2.14. The zero-order chi connectivity index (χ0) is 7.86. The zero-order valence-electron chi connectivity index (χ0n) is 6.52. The van der Waals surface area contributed by atoms with Gasteiger partial charge in [0.25, 0.3) is 0 Å². The van der Waals surface area contributed by atoms with E-state index in [0.29, 0.717) is 0 Å². The molecule has 0 rings (SSSR count). The van der Waals surface area contributed by atoms with Crippen molar-refractivity contribution in [2.45, 2.75) is 26.9 Å². The van der Waals surface area contributed by atoms with E-state index in [1.807, 2.05) is 6.92 Å². The van der Waals surface area contributed by atoms with E-state index in [4.69, 9.17) is 5.11 Å². The van der Waals surface area contributed by atoms with Crippen LogP contribution >= 0.6 is 0 Å². The molecule has 1 heteroatoms. The van der Waals surface area contributed by atoms with Crippen molar-refractivity contribution in [2.24, 2.45) is 0 Å². The summed E-state index contributed by atoms with van der Waals surface area (Å²) in [6.45, 7) is 12.4. The van der Waals surface area contributed by atoms with Gasteiger partial charge in [-0.15, -0.1) is 0 Å². The predicted molar refractivity (Wildman–Crippen MR) is 42.4 cm³/mol. The summed E-state index contributed by atoms with van der Waals surface area (Å²) in [4.78, 5) is 0. The van der Waals surface area contributed by atoms with E-state index < -0.39 is 0 Å². The smallest absolute Gasteiger partial charge is 0.0483 e. The van der Waals surface area contributed by atoms with Crippen molar-refractivity contribution in [3.63, 3.8) is 0 Å². The fraction of sp³-hybridized carbons (Fsp3) is 0.500. The van der Waals surface area contributed by atoms with Gasteiger partial charge in [0.1, 0.15) is 0 Å². The molecule has 0 unspecified atom stereocenters. The first kappa shape index (κ1) is 11.3. The Bertz CT molecular complexity index is 79.8. The van der Waals surface area contributed by atoms with Crippen LogP contribution in [0.5, 0.6) is 0 Å². The zero-order valence-corrected chi connectivity index (χ0v) is 6.52. The monoisotopic (exact) mass is 128 g/mol. The van der Waals surface area contributed by atoms with Gasteiger partial charge in [-0.05, 0) is 20.8 Å². The van der Waals surface area contributed by atoms with Crippen LogP contribution in [0.4, 0.5) is 0 Å². The van der Waals surface area contributed by atoms with E-state index >= 15 is 0 Å². The highest BCUT2D eigenvalue weighted by molar-refractivity contribution is 5.05. The summed E-state index contributed by atoms with van der Waals surface area (Å²) in [6.07, 6.45) is 1.56. The van der Waals surface area contributed by atoms with E-state index in [-0.39, 0.29) is 6.10 Å². The largest absolute Gasteiger partial charge is 0.394 e. The fourth-order valence-corrected chi connectivity index (χ4v) is 0. The molecule has 0 spiro atoms. The van der Waals surface area contributed by atoms with Crippen LogP contribution in [0.2, 0.25) is 0 Å².